The first-order valence-electron chi connectivity index (χ1n) is 6.68. The molecule has 1 N–H and O–H groups in total. The molecule has 18 heavy (non-hydrogen) atoms. The number of nitrogens with zero attached hydrogens (tertiary/aromatic N) is 3. The van der Waals surface area contributed by atoms with Crippen LogP contribution in [0.3, 0.4) is 0 Å². The van der Waals surface area contributed by atoms with Crippen molar-refractivity contribution < 1.29 is 0 Å². The molecule has 1 aromatic rings. The summed E-state index contributed by atoms with van der Waals surface area (Å²) < 4.78 is 0. The number of nitrogens with one attached hydrogen (secondary N) is 1. The fourth-order valence-corrected chi connectivity index (χ4v) is 2.50. The van der Waals surface area contributed by atoms with Gasteiger partial charge in [-0.05, 0) is 24.7 Å². The van der Waals surface area contributed by atoms with Crippen LogP contribution in [0.15, 0.2) is 6.07 Å². The van der Waals surface area contributed by atoms with Crippen LogP contribution in [0.25, 0.3) is 0 Å². The monoisotopic (exact) mass is 248 g/mol. The zero-order valence-electron chi connectivity index (χ0n) is 12.1. The molecule has 0 aromatic carbocycles. The van der Waals surface area contributed by atoms with Gasteiger partial charge in [0.2, 0.25) is 5.95 Å². The second kappa shape index (κ2) is 4.75. The van der Waals surface area contributed by atoms with E-state index in [0.717, 1.165) is 30.5 Å². The van der Waals surface area contributed by atoms with Crippen molar-refractivity contribution in [3.8, 4) is 0 Å². The van der Waals surface area contributed by atoms with Crippen molar-refractivity contribution in [2.75, 3.05) is 30.4 Å². The van der Waals surface area contributed by atoms with E-state index in [0.29, 0.717) is 11.4 Å². The Morgan fingerprint density at radius 2 is 2.06 bits per heavy atom. The number of rotatable bonds is 2. The highest BCUT2D eigenvalue weighted by Crippen LogP contribution is 2.35. The first-order chi connectivity index (χ1) is 8.40. The molecule has 2 rings (SSSR count). The lowest BCUT2D eigenvalue weighted by Crippen LogP contribution is -2.26. The first-order valence-corrected chi connectivity index (χ1v) is 6.68. The van der Waals surface area contributed by atoms with Crippen LogP contribution < -0.4 is 10.2 Å². The third-order valence-electron chi connectivity index (χ3n) is 3.80. The van der Waals surface area contributed by atoms with Gasteiger partial charge in [-0.3, -0.25) is 0 Å². The number of aryl methyl sites for hydroxylation is 1. The maximum atomic E-state index is 4.55. The van der Waals surface area contributed by atoms with Crippen LogP contribution in [0, 0.1) is 18.3 Å². The topological polar surface area (TPSA) is 41.1 Å². The van der Waals surface area contributed by atoms with E-state index in [2.05, 4.69) is 47.0 Å². The van der Waals surface area contributed by atoms with Gasteiger partial charge in [-0.2, -0.15) is 4.98 Å². The predicted molar refractivity (Wildman–Crippen MR) is 76.1 cm³/mol. The van der Waals surface area contributed by atoms with Gasteiger partial charge >= 0.3 is 0 Å². The van der Waals surface area contributed by atoms with E-state index in [1.54, 1.807) is 0 Å². The van der Waals surface area contributed by atoms with E-state index in [1.807, 2.05) is 14.0 Å². The molecule has 0 spiro atoms. The van der Waals surface area contributed by atoms with E-state index < -0.39 is 0 Å². The van der Waals surface area contributed by atoms with Crippen LogP contribution in [0.2, 0.25) is 0 Å². The normalized spacial score (nSPS) is 20.3. The lowest BCUT2D eigenvalue weighted by molar-refractivity contribution is 0.263. The molecule has 0 saturated carbocycles. The molecule has 4 heteroatoms. The van der Waals surface area contributed by atoms with Gasteiger partial charge in [0.05, 0.1) is 0 Å². The van der Waals surface area contributed by atoms with E-state index in [9.17, 15) is 0 Å². The van der Waals surface area contributed by atoms with Gasteiger partial charge < -0.3 is 10.2 Å². The Kier molecular flexibility index (Phi) is 3.46. The molecule has 1 aliphatic heterocycles. The van der Waals surface area contributed by atoms with E-state index in [4.69, 9.17) is 0 Å². The van der Waals surface area contributed by atoms with Gasteiger partial charge in [-0.25, -0.2) is 4.98 Å². The Morgan fingerprint density at radius 1 is 1.33 bits per heavy atom. The van der Waals surface area contributed by atoms with Gasteiger partial charge in [0, 0.05) is 31.9 Å². The van der Waals surface area contributed by atoms with Gasteiger partial charge in [0.1, 0.15) is 5.82 Å². The predicted octanol–water partition coefficient (Wildman–Crippen LogP) is 2.70. The fraction of sp³-hybridized carbons (Fsp3) is 0.714. The molecule has 1 fully saturated rings. The number of aromatic nitrogens is 2. The second-order valence-corrected chi connectivity index (χ2v) is 6.24. The highest BCUT2D eigenvalue weighted by molar-refractivity contribution is 5.45. The molecule has 100 valence electrons. The standard InChI is InChI=1S/C14H24N4/c1-10-8-12(17-13(15-5)16-10)18-7-6-11(9-18)14(2,3)4/h8,11H,6-7,9H2,1-5H3,(H,15,16,17). The van der Waals surface area contributed by atoms with Gasteiger partial charge in [-0.1, -0.05) is 20.8 Å². The van der Waals surface area contributed by atoms with Crippen molar-refractivity contribution in [2.24, 2.45) is 11.3 Å². The molecule has 4 nitrogen and oxygen atoms in total. The average molecular weight is 248 g/mol. The molecule has 1 saturated heterocycles. The molecule has 0 amide bonds. The van der Waals surface area contributed by atoms with Crippen LogP contribution in [-0.2, 0) is 0 Å². The highest BCUT2D eigenvalue weighted by Gasteiger charge is 2.32. The number of anilines is 2. The smallest absolute Gasteiger partial charge is 0.224 e. The maximum absolute atomic E-state index is 4.55. The maximum Gasteiger partial charge on any atom is 0.224 e. The van der Waals surface area contributed by atoms with E-state index in [-0.39, 0.29) is 0 Å². The van der Waals surface area contributed by atoms with Crippen LogP contribution in [0.1, 0.15) is 32.9 Å². The third kappa shape index (κ3) is 2.74. The Morgan fingerprint density at radius 3 is 2.61 bits per heavy atom. The summed E-state index contributed by atoms with van der Waals surface area (Å²) >= 11 is 0. The first kappa shape index (κ1) is 13.1. The molecular weight excluding hydrogens is 224 g/mol. The summed E-state index contributed by atoms with van der Waals surface area (Å²) in [5, 5.41) is 3.02. The van der Waals surface area contributed by atoms with Gasteiger partial charge in [0.15, 0.2) is 0 Å². The average Bonchev–Trinajstić information content (AvgIpc) is 2.77. The molecule has 1 aromatic heterocycles. The molecule has 0 bridgehead atoms. The minimum Gasteiger partial charge on any atom is -0.357 e. The lowest BCUT2D eigenvalue weighted by Gasteiger charge is -2.27. The Hall–Kier alpha value is -1.32. The van der Waals surface area contributed by atoms with Crippen molar-refractivity contribution in [1.82, 2.24) is 9.97 Å². The van der Waals surface area contributed by atoms with Crippen molar-refractivity contribution >= 4 is 11.8 Å². The Labute approximate surface area is 110 Å². The second-order valence-electron chi connectivity index (χ2n) is 6.24. The number of hydrogen-bond acceptors (Lipinski definition) is 4. The third-order valence-corrected chi connectivity index (χ3v) is 3.80. The van der Waals surface area contributed by atoms with Gasteiger partial charge in [-0.15, -0.1) is 0 Å². The lowest BCUT2D eigenvalue weighted by atomic mass is 9.80. The molecule has 2 heterocycles. The summed E-state index contributed by atoms with van der Waals surface area (Å²) in [6.07, 6.45) is 1.25. The Balaban J connectivity index is 2.16. The largest absolute Gasteiger partial charge is 0.357 e. The molecular formula is C14H24N4. The molecule has 1 aliphatic rings. The molecule has 0 aliphatic carbocycles. The van der Waals surface area contributed by atoms with Crippen molar-refractivity contribution in [2.45, 2.75) is 34.1 Å². The molecule has 1 unspecified atom stereocenters. The number of hydrogen-bond donors (Lipinski definition) is 1. The summed E-state index contributed by atoms with van der Waals surface area (Å²) in [7, 11) is 1.86. The van der Waals surface area contributed by atoms with E-state index >= 15 is 0 Å². The summed E-state index contributed by atoms with van der Waals surface area (Å²) in [5.74, 6) is 2.51. The van der Waals surface area contributed by atoms with Crippen LogP contribution >= 0.6 is 0 Å². The van der Waals surface area contributed by atoms with Crippen molar-refractivity contribution in [1.29, 1.82) is 0 Å². The van der Waals surface area contributed by atoms with Crippen LogP contribution in [-0.4, -0.2) is 30.1 Å². The van der Waals surface area contributed by atoms with Crippen molar-refractivity contribution in [3.05, 3.63) is 11.8 Å². The molecule has 1 atom stereocenters. The van der Waals surface area contributed by atoms with E-state index in [1.165, 1.54) is 6.42 Å². The summed E-state index contributed by atoms with van der Waals surface area (Å²) in [6, 6.07) is 2.08. The van der Waals surface area contributed by atoms with Gasteiger partial charge in [0.25, 0.3) is 0 Å². The molecule has 0 radical (unpaired) electrons. The fourth-order valence-electron chi connectivity index (χ4n) is 2.50. The highest BCUT2D eigenvalue weighted by atomic mass is 15.2. The minimum absolute atomic E-state index is 0.378. The zero-order chi connectivity index (χ0) is 13.3. The summed E-state index contributed by atoms with van der Waals surface area (Å²) in [5.41, 5.74) is 1.39. The SMILES string of the molecule is CNc1nc(C)cc(N2CCC(C(C)(C)C)C2)n1. The van der Waals surface area contributed by atoms with Crippen LogP contribution in [0.4, 0.5) is 11.8 Å². The summed E-state index contributed by atoms with van der Waals surface area (Å²) in [4.78, 5) is 11.3. The minimum atomic E-state index is 0.378. The quantitative estimate of drug-likeness (QED) is 0.873. The Bertz CT molecular complexity index is 422. The van der Waals surface area contributed by atoms with Crippen molar-refractivity contribution in [3.63, 3.8) is 0 Å². The summed E-state index contributed by atoms with van der Waals surface area (Å²) in [6.45, 7) is 11.2. The zero-order valence-corrected chi connectivity index (χ0v) is 12.1. The van der Waals surface area contributed by atoms with Crippen LogP contribution in [0.5, 0.6) is 0 Å².